The van der Waals surface area contributed by atoms with Crippen molar-refractivity contribution < 1.29 is 4.79 Å². The van der Waals surface area contributed by atoms with Gasteiger partial charge in [-0.05, 0) is 32.0 Å². The van der Waals surface area contributed by atoms with Crippen molar-refractivity contribution in [1.82, 2.24) is 15.2 Å². The van der Waals surface area contributed by atoms with Crippen LogP contribution < -0.4 is 16.6 Å². The van der Waals surface area contributed by atoms with Gasteiger partial charge in [0.1, 0.15) is 0 Å². The maximum Gasteiger partial charge on any atom is 0.234 e. The first-order chi connectivity index (χ1) is 8.67. The lowest BCUT2D eigenvalue weighted by atomic mass is 10.3. The Labute approximate surface area is 107 Å². The maximum absolute atomic E-state index is 11.6. The number of hydrogen-bond acceptors (Lipinski definition) is 5. The first-order valence-electron chi connectivity index (χ1n) is 6.07. The highest BCUT2D eigenvalue weighted by Gasteiger charge is 2.23. The van der Waals surface area contributed by atoms with Crippen LogP contribution in [0.2, 0.25) is 0 Å². The number of likely N-dealkylation sites (N-methyl/N-ethyl adjacent to an activating group) is 1. The van der Waals surface area contributed by atoms with Gasteiger partial charge in [0, 0.05) is 18.8 Å². The number of anilines is 1. The van der Waals surface area contributed by atoms with Crippen LogP contribution in [-0.4, -0.2) is 35.4 Å². The molecule has 0 atom stereocenters. The molecule has 1 fully saturated rings. The van der Waals surface area contributed by atoms with E-state index in [0.717, 1.165) is 24.2 Å². The second-order valence-electron chi connectivity index (χ2n) is 4.69. The van der Waals surface area contributed by atoms with Gasteiger partial charge in [-0.15, -0.1) is 0 Å². The Balaban J connectivity index is 1.81. The molecule has 0 radical (unpaired) electrons. The Morgan fingerprint density at radius 3 is 3.06 bits per heavy atom. The molecule has 1 heterocycles. The molecule has 1 aliphatic carbocycles. The number of amides is 1. The number of nitrogens with zero attached hydrogens (tertiary/aromatic N) is 2. The summed E-state index contributed by atoms with van der Waals surface area (Å²) in [5, 5.41) is 2.96. The van der Waals surface area contributed by atoms with E-state index in [0.29, 0.717) is 19.1 Å². The molecule has 0 spiro atoms. The smallest absolute Gasteiger partial charge is 0.234 e. The molecule has 4 N–H and O–H groups in total. The second kappa shape index (κ2) is 5.79. The lowest BCUT2D eigenvalue weighted by Gasteiger charge is -2.16. The first-order valence-corrected chi connectivity index (χ1v) is 6.07. The second-order valence-corrected chi connectivity index (χ2v) is 4.69. The summed E-state index contributed by atoms with van der Waals surface area (Å²) in [6.07, 6.45) is 3.92. The minimum Gasteiger partial charge on any atom is -0.352 e. The van der Waals surface area contributed by atoms with E-state index in [4.69, 9.17) is 5.84 Å². The summed E-state index contributed by atoms with van der Waals surface area (Å²) in [6.45, 7) is 1.01. The number of carbonyl (C=O) groups excluding carboxylic acids is 1. The maximum atomic E-state index is 11.6. The van der Waals surface area contributed by atoms with Gasteiger partial charge >= 0.3 is 0 Å². The quantitative estimate of drug-likeness (QED) is 0.491. The number of carbonyl (C=O) groups is 1. The van der Waals surface area contributed by atoms with Crippen molar-refractivity contribution in [2.45, 2.75) is 25.4 Å². The highest BCUT2D eigenvalue weighted by Crippen LogP contribution is 2.18. The molecule has 0 saturated heterocycles. The van der Waals surface area contributed by atoms with Gasteiger partial charge in [-0.25, -0.2) is 0 Å². The van der Waals surface area contributed by atoms with E-state index >= 15 is 0 Å². The van der Waals surface area contributed by atoms with Crippen LogP contribution in [0, 0.1) is 0 Å². The highest BCUT2D eigenvalue weighted by molar-refractivity contribution is 5.78. The molecule has 98 valence electrons. The van der Waals surface area contributed by atoms with Crippen LogP contribution in [0.25, 0.3) is 0 Å². The van der Waals surface area contributed by atoms with E-state index in [1.54, 1.807) is 12.3 Å². The summed E-state index contributed by atoms with van der Waals surface area (Å²) in [5.41, 5.74) is 4.28. The van der Waals surface area contributed by atoms with Gasteiger partial charge in [0.2, 0.25) is 5.91 Å². The number of aromatic nitrogens is 1. The van der Waals surface area contributed by atoms with Crippen molar-refractivity contribution in [3.05, 3.63) is 24.0 Å². The van der Waals surface area contributed by atoms with E-state index in [2.05, 4.69) is 15.7 Å². The van der Waals surface area contributed by atoms with Crippen molar-refractivity contribution in [1.29, 1.82) is 0 Å². The molecule has 6 heteroatoms. The summed E-state index contributed by atoms with van der Waals surface area (Å²) < 4.78 is 0. The molecule has 0 unspecified atom stereocenters. The van der Waals surface area contributed by atoms with Gasteiger partial charge < -0.3 is 10.7 Å². The summed E-state index contributed by atoms with van der Waals surface area (Å²) in [5.74, 6) is 5.41. The van der Waals surface area contributed by atoms with Gasteiger partial charge in [0.15, 0.2) is 0 Å². The van der Waals surface area contributed by atoms with E-state index in [1.807, 2.05) is 18.0 Å². The monoisotopic (exact) mass is 249 g/mol. The molecular weight excluding hydrogens is 230 g/mol. The largest absolute Gasteiger partial charge is 0.352 e. The number of pyridine rings is 1. The average molecular weight is 249 g/mol. The van der Waals surface area contributed by atoms with Crippen molar-refractivity contribution >= 4 is 11.6 Å². The lowest BCUT2D eigenvalue weighted by Crippen LogP contribution is -2.36. The van der Waals surface area contributed by atoms with Gasteiger partial charge in [-0.2, -0.15) is 0 Å². The SMILES string of the molecule is CN(CC(=O)NC1CC1)Cc1cc(NN)ccn1. The molecule has 0 bridgehead atoms. The fourth-order valence-corrected chi connectivity index (χ4v) is 1.73. The fourth-order valence-electron chi connectivity index (χ4n) is 1.73. The first kappa shape index (κ1) is 12.8. The zero-order valence-corrected chi connectivity index (χ0v) is 10.5. The lowest BCUT2D eigenvalue weighted by molar-refractivity contribution is -0.122. The topological polar surface area (TPSA) is 83.3 Å². The van der Waals surface area contributed by atoms with Crippen LogP contribution in [0.1, 0.15) is 18.5 Å². The standard InChI is InChI=1S/C12H19N5O/c1-17(8-12(18)15-9-2-3-9)7-11-6-10(16-13)4-5-14-11/h4-6,9H,2-3,7-8,13H2,1H3,(H,14,16)(H,15,18). The highest BCUT2D eigenvalue weighted by atomic mass is 16.2. The Morgan fingerprint density at radius 1 is 1.61 bits per heavy atom. The van der Waals surface area contributed by atoms with Crippen LogP contribution >= 0.6 is 0 Å². The number of hydrazine groups is 1. The van der Waals surface area contributed by atoms with E-state index < -0.39 is 0 Å². The molecule has 18 heavy (non-hydrogen) atoms. The molecule has 1 saturated carbocycles. The molecule has 0 aromatic carbocycles. The summed E-state index contributed by atoms with van der Waals surface area (Å²) in [7, 11) is 1.90. The molecular formula is C12H19N5O. The van der Waals surface area contributed by atoms with Crippen molar-refractivity contribution in [2.75, 3.05) is 19.0 Å². The van der Waals surface area contributed by atoms with Crippen LogP contribution in [0.3, 0.4) is 0 Å². The molecule has 1 aromatic rings. The molecule has 0 aliphatic heterocycles. The van der Waals surface area contributed by atoms with Gasteiger partial charge in [0.25, 0.3) is 0 Å². The normalized spacial score (nSPS) is 14.6. The van der Waals surface area contributed by atoms with Gasteiger partial charge in [0.05, 0.1) is 17.9 Å². The Morgan fingerprint density at radius 2 is 2.39 bits per heavy atom. The minimum atomic E-state index is 0.0769. The fraction of sp³-hybridized carbons (Fsp3) is 0.500. The Kier molecular flexibility index (Phi) is 4.11. The van der Waals surface area contributed by atoms with Crippen LogP contribution in [-0.2, 0) is 11.3 Å². The van der Waals surface area contributed by atoms with Crippen LogP contribution in [0.15, 0.2) is 18.3 Å². The third kappa shape index (κ3) is 3.97. The number of nitrogen functional groups attached to an aromatic ring is 1. The number of nitrogens with two attached hydrogens (primary N) is 1. The van der Waals surface area contributed by atoms with Crippen molar-refractivity contribution in [2.24, 2.45) is 5.84 Å². The number of rotatable bonds is 6. The van der Waals surface area contributed by atoms with Crippen LogP contribution in [0.4, 0.5) is 5.69 Å². The van der Waals surface area contributed by atoms with Crippen molar-refractivity contribution in [3.8, 4) is 0 Å². The average Bonchev–Trinajstić information content (AvgIpc) is 3.12. The summed E-state index contributed by atoms with van der Waals surface area (Å²) in [4.78, 5) is 17.8. The summed E-state index contributed by atoms with van der Waals surface area (Å²) in [6, 6.07) is 4.08. The van der Waals surface area contributed by atoms with Crippen molar-refractivity contribution in [3.63, 3.8) is 0 Å². The van der Waals surface area contributed by atoms with E-state index in [9.17, 15) is 4.79 Å². The van der Waals surface area contributed by atoms with Crippen LogP contribution in [0.5, 0.6) is 0 Å². The number of nitrogens with one attached hydrogen (secondary N) is 2. The molecule has 1 aromatic heterocycles. The molecule has 6 nitrogen and oxygen atoms in total. The number of hydrogen-bond donors (Lipinski definition) is 3. The van der Waals surface area contributed by atoms with E-state index in [-0.39, 0.29) is 5.91 Å². The Hall–Kier alpha value is -1.66. The molecule has 1 aliphatic rings. The molecule has 2 rings (SSSR count). The Bertz CT molecular complexity index is 419. The molecule has 1 amide bonds. The minimum absolute atomic E-state index is 0.0769. The van der Waals surface area contributed by atoms with Gasteiger partial charge in [-0.1, -0.05) is 0 Å². The predicted octanol–water partition coefficient (Wildman–Crippen LogP) is 0.0776. The third-order valence-electron chi connectivity index (χ3n) is 2.77. The third-order valence-corrected chi connectivity index (χ3v) is 2.77. The predicted molar refractivity (Wildman–Crippen MR) is 69.5 cm³/mol. The summed E-state index contributed by atoms with van der Waals surface area (Å²) >= 11 is 0. The zero-order chi connectivity index (χ0) is 13.0. The van der Waals surface area contributed by atoms with E-state index in [1.165, 1.54) is 0 Å². The van der Waals surface area contributed by atoms with Gasteiger partial charge in [-0.3, -0.25) is 20.5 Å². The zero-order valence-electron chi connectivity index (χ0n) is 10.5.